The van der Waals surface area contributed by atoms with E-state index >= 15 is 0 Å². The molecule has 4 saturated carbocycles. The number of aliphatic carboxylic acids is 1. The lowest BCUT2D eigenvalue weighted by atomic mass is 9.33. The van der Waals surface area contributed by atoms with E-state index in [1.54, 1.807) is 26.8 Å². The van der Waals surface area contributed by atoms with Gasteiger partial charge in [0, 0.05) is 17.9 Å². The molecule has 27 nitrogen and oxygen atoms in total. The van der Waals surface area contributed by atoms with E-state index in [0.717, 1.165) is 11.9 Å². The topological polar surface area (TPSA) is 424 Å². The number of carbonyl (C=O) groups excluding carboxylic acids is 3. The third-order valence-electron chi connectivity index (χ3n) is 22.2. The van der Waals surface area contributed by atoms with Crippen LogP contribution < -0.4 is 0 Å². The fourth-order valence-corrected chi connectivity index (χ4v) is 17.0. The highest BCUT2D eigenvalue weighted by Crippen LogP contribution is 2.76. The van der Waals surface area contributed by atoms with Crippen molar-refractivity contribution in [3.8, 4) is 0 Å². The van der Waals surface area contributed by atoms with Gasteiger partial charge < -0.3 is 119 Å². The van der Waals surface area contributed by atoms with Crippen molar-refractivity contribution in [1.29, 1.82) is 0 Å². The van der Waals surface area contributed by atoms with Crippen LogP contribution in [-0.4, -0.2) is 252 Å². The first-order chi connectivity index (χ1) is 40.3. The minimum atomic E-state index is -2.28. The summed E-state index contributed by atoms with van der Waals surface area (Å²) in [6, 6.07) is 0. The molecule has 5 aliphatic carbocycles. The summed E-state index contributed by atoms with van der Waals surface area (Å²) in [5, 5.41) is 144. The normalized spacial score (nSPS) is 51.1. The van der Waals surface area contributed by atoms with E-state index in [9.17, 15) is 85.6 Å². The van der Waals surface area contributed by atoms with Gasteiger partial charge in [0.15, 0.2) is 31.3 Å². The third-order valence-corrected chi connectivity index (χ3v) is 22.2. The molecule has 2 unspecified atom stereocenters. The number of hydrogen-bond acceptors (Lipinski definition) is 26. The van der Waals surface area contributed by atoms with Crippen molar-refractivity contribution < 1.29 is 133 Å². The van der Waals surface area contributed by atoms with E-state index in [0.29, 0.717) is 37.7 Å². The molecule has 86 heavy (non-hydrogen) atoms. The van der Waals surface area contributed by atoms with Crippen LogP contribution in [0.25, 0.3) is 0 Å². The second kappa shape index (κ2) is 24.8. The molecule has 0 spiro atoms. The lowest BCUT2D eigenvalue weighted by molar-refractivity contribution is -0.398. The van der Waals surface area contributed by atoms with Crippen LogP contribution in [0.1, 0.15) is 107 Å². The molecule has 8 fully saturated rings. The molecule has 0 aromatic carbocycles. The standard InChI is InChI=1S/C59H90O27/c1-10-24(2)49(76)86-46-47(79-25(3)63)59(23-62)27(17-54(46,4)5)26-11-12-32-55(6)15-14-34(56(7,22-61)31(55)13-16-57(32,8)58(26,9)18-33(59)66)81-53-45(85-51-40(72)38(70)37(69)30(19-60)80-51)42(41(73)43(83-53)48(74)75)82-52-44(36(68)29(65)21-78-52)84-50-39(71)35(67)28(64)20-77-50/h10-11,22,27-47,50-53,60,62,64-73H,12-21,23H2,1-9H3,(H,74,75)/b24-10+/t27-,28+,29-,30+,31+,32+,33+,34-,35-,36-,37-,38-,39+,40+,41-,42-,43-,44?,45+,46-,47-,50-,51-,52-,53?,55-,56-,57+,58+,59-/m0/s1. The first-order valence-electron chi connectivity index (χ1n) is 29.9. The van der Waals surface area contributed by atoms with Crippen LogP contribution in [-0.2, 0) is 66.5 Å². The van der Waals surface area contributed by atoms with Crippen molar-refractivity contribution in [2.75, 3.05) is 26.4 Å². The first-order valence-corrected chi connectivity index (χ1v) is 29.9. The number of carbonyl (C=O) groups is 4. The molecule has 9 aliphatic rings. The van der Waals surface area contributed by atoms with Crippen molar-refractivity contribution in [2.24, 2.45) is 50.2 Å². The number of carboxylic acid groups (broad SMARTS) is 1. The molecule has 27 heteroatoms. The molecule has 30 atom stereocenters. The second-order valence-corrected chi connectivity index (χ2v) is 27.3. The summed E-state index contributed by atoms with van der Waals surface area (Å²) in [5.41, 5.74) is -4.42. The van der Waals surface area contributed by atoms with E-state index in [1.807, 2.05) is 13.8 Å². The number of aliphatic hydroxyl groups excluding tert-OH is 12. The zero-order chi connectivity index (χ0) is 63.3. The highest BCUT2D eigenvalue weighted by Gasteiger charge is 2.74. The fourth-order valence-electron chi connectivity index (χ4n) is 17.0. The van der Waals surface area contributed by atoms with Gasteiger partial charge in [0.25, 0.3) is 0 Å². The summed E-state index contributed by atoms with van der Waals surface area (Å²) in [6.45, 7) is 13.8. The van der Waals surface area contributed by atoms with Crippen LogP contribution in [0.3, 0.4) is 0 Å². The molecule has 0 amide bonds. The quantitative estimate of drug-likeness (QED) is 0.0277. The zero-order valence-corrected chi connectivity index (χ0v) is 50.0. The molecule has 0 aromatic rings. The van der Waals surface area contributed by atoms with Gasteiger partial charge in [-0.15, -0.1) is 0 Å². The molecule has 4 aliphatic heterocycles. The predicted molar refractivity (Wildman–Crippen MR) is 289 cm³/mol. The Balaban J connectivity index is 1.05. The molecular formula is C59H90O27. The van der Waals surface area contributed by atoms with Gasteiger partial charge in [-0.25, -0.2) is 9.59 Å². The number of aliphatic hydroxyl groups is 12. The van der Waals surface area contributed by atoms with Crippen LogP contribution in [0.4, 0.5) is 0 Å². The summed E-state index contributed by atoms with van der Waals surface area (Å²) in [5.74, 6) is -4.24. The Labute approximate surface area is 498 Å². The summed E-state index contributed by atoms with van der Waals surface area (Å²) in [7, 11) is 0. The highest BCUT2D eigenvalue weighted by atomic mass is 16.8. The van der Waals surface area contributed by atoms with E-state index in [1.165, 1.54) is 6.92 Å². The largest absolute Gasteiger partial charge is 0.479 e. The number of esters is 2. The maximum absolute atomic E-state index is 14.2. The first kappa shape index (κ1) is 67.2. The van der Waals surface area contributed by atoms with Gasteiger partial charge in [-0.1, -0.05) is 59.3 Å². The van der Waals surface area contributed by atoms with Gasteiger partial charge in [-0.3, -0.25) is 4.79 Å². The Morgan fingerprint density at radius 2 is 1.29 bits per heavy atom. The predicted octanol–water partition coefficient (Wildman–Crippen LogP) is -2.01. The van der Waals surface area contributed by atoms with Crippen LogP contribution in [0, 0.1) is 50.2 Å². The van der Waals surface area contributed by atoms with Crippen LogP contribution in [0.5, 0.6) is 0 Å². The number of rotatable bonds is 15. The van der Waals surface area contributed by atoms with E-state index in [4.69, 9.17) is 47.4 Å². The number of carboxylic acids is 1. The number of allylic oxidation sites excluding steroid dienone is 3. The summed E-state index contributed by atoms with van der Waals surface area (Å²) in [6.07, 6.45) is -32.4. The smallest absolute Gasteiger partial charge is 0.335 e. The third kappa shape index (κ3) is 10.9. The number of aldehydes is 1. The Bertz CT molecular complexity index is 2550. The SMILES string of the molecule is C/C=C(\C)C(=O)O[C@H]1[C@H](OC(C)=O)[C@]2(CO)[C@H](O)C[C@]3(C)C(=CC[C@@H]4[C@@]5(C)CC[C@H](OC6O[C@H](C(=O)O)[C@@H](O)[C@H](O[C@@H]7OC[C@H](O)[C@H](O)C7O[C@@H]7OC[C@@H](O)[C@H](O)[C@H]7O)[C@H]6O[C@@H]6O[C@H](CO)[C@H](O)[C@H](O)[C@H]6O)[C@@](C)(C=O)[C@@H]5CC[C@]43C)[C@@H]2CC1(C)C. The Hall–Kier alpha value is -3.24. The molecule has 9 rings (SSSR count). The lowest BCUT2D eigenvalue weighted by Gasteiger charge is -2.72. The maximum atomic E-state index is 14.2. The molecule has 0 radical (unpaired) electrons. The van der Waals surface area contributed by atoms with Gasteiger partial charge in [-0.05, 0) is 92.8 Å². The van der Waals surface area contributed by atoms with E-state index in [2.05, 4.69) is 26.8 Å². The van der Waals surface area contributed by atoms with Crippen LogP contribution in [0.15, 0.2) is 23.3 Å². The summed E-state index contributed by atoms with van der Waals surface area (Å²) < 4.78 is 60.5. The molecular weight excluding hydrogens is 1140 g/mol. The molecule has 13 N–H and O–H groups in total. The van der Waals surface area contributed by atoms with Crippen molar-refractivity contribution in [1.82, 2.24) is 0 Å². The van der Waals surface area contributed by atoms with Crippen LogP contribution in [0.2, 0.25) is 0 Å². The van der Waals surface area contributed by atoms with Gasteiger partial charge in [0.05, 0.1) is 49.5 Å². The molecule has 0 aromatic heterocycles. The average molecular weight is 1230 g/mol. The molecule has 4 saturated heterocycles. The van der Waals surface area contributed by atoms with Crippen LogP contribution >= 0.6 is 0 Å². The number of ether oxygens (including phenoxy) is 10. The summed E-state index contributed by atoms with van der Waals surface area (Å²) >= 11 is 0. The highest BCUT2D eigenvalue weighted by molar-refractivity contribution is 5.87. The van der Waals surface area contributed by atoms with E-state index < -0.39 is 224 Å². The molecule has 488 valence electrons. The van der Waals surface area contributed by atoms with Gasteiger partial charge in [-0.2, -0.15) is 0 Å². The maximum Gasteiger partial charge on any atom is 0.335 e. The number of hydrogen-bond donors (Lipinski definition) is 13. The van der Waals surface area contributed by atoms with Crippen molar-refractivity contribution >= 4 is 24.2 Å². The molecule has 0 bridgehead atoms. The summed E-state index contributed by atoms with van der Waals surface area (Å²) in [4.78, 5) is 53.8. The Morgan fingerprint density at radius 1 is 0.663 bits per heavy atom. The van der Waals surface area contributed by atoms with Crippen molar-refractivity contribution in [2.45, 2.75) is 242 Å². The minimum absolute atomic E-state index is 0.112. The second-order valence-electron chi connectivity index (χ2n) is 27.3. The minimum Gasteiger partial charge on any atom is -0.479 e. The Kier molecular flexibility index (Phi) is 19.3. The zero-order valence-electron chi connectivity index (χ0n) is 50.0. The lowest BCUT2D eigenvalue weighted by Crippen LogP contribution is -2.72. The number of fused-ring (bicyclic) bond motifs is 7. The van der Waals surface area contributed by atoms with Crippen molar-refractivity contribution in [3.63, 3.8) is 0 Å². The molecule has 4 heterocycles. The Morgan fingerprint density at radius 3 is 1.91 bits per heavy atom. The van der Waals surface area contributed by atoms with Gasteiger partial charge >= 0.3 is 17.9 Å². The average Bonchev–Trinajstić information content (AvgIpc) is 0.672. The fraction of sp³-hybridized carbons (Fsp3) is 0.864. The van der Waals surface area contributed by atoms with Crippen molar-refractivity contribution in [3.05, 3.63) is 23.3 Å². The monoisotopic (exact) mass is 1230 g/mol. The van der Waals surface area contributed by atoms with Gasteiger partial charge in [0.2, 0.25) is 0 Å². The van der Waals surface area contributed by atoms with E-state index in [-0.39, 0.29) is 18.8 Å². The van der Waals surface area contributed by atoms with Gasteiger partial charge in [0.1, 0.15) is 97.8 Å².